The Bertz CT molecular complexity index is 497. The van der Waals surface area contributed by atoms with Gasteiger partial charge in [0.1, 0.15) is 9.84 Å². The van der Waals surface area contributed by atoms with Crippen molar-refractivity contribution < 1.29 is 13.2 Å². The molecule has 0 spiro atoms. The zero-order valence-electron chi connectivity index (χ0n) is 9.86. The lowest BCUT2D eigenvalue weighted by Crippen LogP contribution is -2.29. The molecule has 0 aliphatic rings. The Morgan fingerprint density at radius 2 is 1.94 bits per heavy atom. The Morgan fingerprint density at radius 1 is 1.29 bits per heavy atom. The predicted octanol–water partition coefficient (Wildman–Crippen LogP) is 0.503. The molecule has 5 nitrogen and oxygen atoms in total. The van der Waals surface area contributed by atoms with Crippen molar-refractivity contribution in [3.63, 3.8) is 0 Å². The van der Waals surface area contributed by atoms with Crippen molar-refractivity contribution >= 4 is 21.4 Å². The minimum atomic E-state index is -3.05. The quantitative estimate of drug-likeness (QED) is 0.804. The first-order chi connectivity index (χ1) is 7.94. The summed E-state index contributed by atoms with van der Waals surface area (Å²) in [6.45, 7) is 0.121. The van der Waals surface area contributed by atoms with Crippen LogP contribution in [-0.4, -0.2) is 39.9 Å². The summed E-state index contributed by atoms with van der Waals surface area (Å²) >= 11 is 0. The molecule has 0 saturated carbocycles. The molecule has 0 heterocycles. The Morgan fingerprint density at radius 3 is 2.53 bits per heavy atom. The van der Waals surface area contributed by atoms with E-state index < -0.39 is 9.84 Å². The molecular weight excluding hydrogens is 240 g/mol. The standard InChI is InChI=1S/C11H16N2O3S/c1-12-10-6-4-3-5-9(10)11(14)13-7-8-17(2,15)16/h3-6,12H,7-8H2,1-2H3,(H,13,14). The highest BCUT2D eigenvalue weighted by atomic mass is 32.2. The van der Waals surface area contributed by atoms with Gasteiger partial charge in [-0.3, -0.25) is 4.79 Å². The summed E-state index contributed by atoms with van der Waals surface area (Å²) in [6.07, 6.45) is 1.14. The van der Waals surface area contributed by atoms with Gasteiger partial charge in [0, 0.05) is 25.5 Å². The number of sulfone groups is 1. The molecular formula is C11H16N2O3S. The van der Waals surface area contributed by atoms with Crippen molar-refractivity contribution in [2.45, 2.75) is 0 Å². The molecule has 17 heavy (non-hydrogen) atoms. The zero-order chi connectivity index (χ0) is 12.9. The number of hydrogen-bond donors (Lipinski definition) is 2. The number of carbonyl (C=O) groups excluding carboxylic acids is 1. The second-order valence-electron chi connectivity index (χ2n) is 3.68. The molecule has 1 aromatic carbocycles. The molecule has 2 N–H and O–H groups in total. The number of nitrogens with one attached hydrogen (secondary N) is 2. The van der Waals surface area contributed by atoms with Gasteiger partial charge in [-0.2, -0.15) is 0 Å². The minimum absolute atomic E-state index is 0.0551. The highest BCUT2D eigenvalue weighted by Crippen LogP contribution is 2.13. The van der Waals surface area contributed by atoms with E-state index in [2.05, 4.69) is 10.6 Å². The third-order valence-corrected chi connectivity index (χ3v) is 3.15. The van der Waals surface area contributed by atoms with Gasteiger partial charge in [-0.15, -0.1) is 0 Å². The van der Waals surface area contributed by atoms with Crippen molar-refractivity contribution in [2.75, 3.05) is 30.9 Å². The molecule has 0 aliphatic carbocycles. The van der Waals surface area contributed by atoms with E-state index in [0.717, 1.165) is 6.26 Å². The first kappa shape index (κ1) is 13.5. The number of carbonyl (C=O) groups is 1. The first-order valence-corrected chi connectivity index (χ1v) is 7.23. The summed E-state index contributed by atoms with van der Waals surface area (Å²) in [7, 11) is -1.32. The van der Waals surface area contributed by atoms with Crippen LogP contribution in [0.25, 0.3) is 0 Å². The number of benzene rings is 1. The van der Waals surface area contributed by atoms with E-state index in [9.17, 15) is 13.2 Å². The number of para-hydroxylation sites is 1. The summed E-state index contributed by atoms with van der Waals surface area (Å²) in [5.74, 6) is -0.334. The van der Waals surface area contributed by atoms with Gasteiger partial charge < -0.3 is 10.6 Å². The first-order valence-electron chi connectivity index (χ1n) is 5.17. The van der Waals surface area contributed by atoms with E-state index in [-0.39, 0.29) is 18.2 Å². The summed E-state index contributed by atoms with van der Waals surface area (Å²) in [6, 6.07) is 7.04. The van der Waals surface area contributed by atoms with Gasteiger partial charge in [-0.25, -0.2) is 8.42 Å². The van der Waals surface area contributed by atoms with Gasteiger partial charge in [0.25, 0.3) is 5.91 Å². The molecule has 0 radical (unpaired) electrons. The van der Waals surface area contributed by atoms with Crippen molar-refractivity contribution in [3.8, 4) is 0 Å². The van der Waals surface area contributed by atoms with Crippen LogP contribution in [0.3, 0.4) is 0 Å². The maximum Gasteiger partial charge on any atom is 0.253 e. The Balaban J connectivity index is 2.64. The molecule has 6 heteroatoms. The van der Waals surface area contributed by atoms with Crippen LogP contribution in [0.4, 0.5) is 5.69 Å². The van der Waals surface area contributed by atoms with Gasteiger partial charge in [0.05, 0.1) is 11.3 Å². The van der Waals surface area contributed by atoms with Gasteiger partial charge in [-0.1, -0.05) is 12.1 Å². The molecule has 1 amide bonds. The van der Waals surface area contributed by atoms with Gasteiger partial charge in [-0.05, 0) is 12.1 Å². The fourth-order valence-electron chi connectivity index (χ4n) is 1.34. The molecule has 1 aromatic rings. The predicted molar refractivity (Wildman–Crippen MR) is 68.0 cm³/mol. The molecule has 1 rings (SSSR count). The van der Waals surface area contributed by atoms with Crippen LogP contribution in [-0.2, 0) is 9.84 Å². The lowest BCUT2D eigenvalue weighted by Gasteiger charge is -2.09. The van der Waals surface area contributed by atoms with Crippen LogP contribution in [0, 0.1) is 0 Å². The van der Waals surface area contributed by atoms with Crippen LogP contribution in [0.15, 0.2) is 24.3 Å². The number of hydrogen-bond acceptors (Lipinski definition) is 4. The number of rotatable bonds is 5. The second-order valence-corrected chi connectivity index (χ2v) is 5.94. The largest absolute Gasteiger partial charge is 0.387 e. The fourth-order valence-corrected chi connectivity index (χ4v) is 1.82. The van der Waals surface area contributed by atoms with Crippen molar-refractivity contribution in [3.05, 3.63) is 29.8 Å². The smallest absolute Gasteiger partial charge is 0.253 e. The number of anilines is 1. The molecule has 0 bridgehead atoms. The highest BCUT2D eigenvalue weighted by Gasteiger charge is 2.10. The van der Waals surface area contributed by atoms with Crippen molar-refractivity contribution in [2.24, 2.45) is 0 Å². The Hall–Kier alpha value is -1.56. The zero-order valence-corrected chi connectivity index (χ0v) is 10.7. The molecule has 0 unspecified atom stereocenters. The van der Waals surface area contributed by atoms with Crippen molar-refractivity contribution in [1.29, 1.82) is 0 Å². The fraction of sp³-hybridized carbons (Fsp3) is 0.364. The third-order valence-electron chi connectivity index (χ3n) is 2.20. The maximum atomic E-state index is 11.8. The van der Waals surface area contributed by atoms with Crippen LogP contribution in [0.2, 0.25) is 0 Å². The second kappa shape index (κ2) is 5.67. The van der Waals surface area contributed by atoms with Gasteiger partial charge in [0.15, 0.2) is 0 Å². The number of amides is 1. The normalized spacial score (nSPS) is 10.9. The average molecular weight is 256 g/mol. The summed E-state index contributed by atoms with van der Waals surface area (Å²) in [5.41, 5.74) is 1.22. The van der Waals surface area contributed by atoms with Gasteiger partial charge >= 0.3 is 0 Å². The topological polar surface area (TPSA) is 75.3 Å². The van der Waals surface area contributed by atoms with Crippen LogP contribution in [0.5, 0.6) is 0 Å². The molecule has 0 saturated heterocycles. The van der Waals surface area contributed by atoms with E-state index in [1.165, 1.54) is 0 Å². The average Bonchev–Trinajstić information content (AvgIpc) is 2.27. The van der Waals surface area contributed by atoms with E-state index >= 15 is 0 Å². The lowest BCUT2D eigenvalue weighted by atomic mass is 10.1. The molecule has 0 fully saturated rings. The molecule has 0 aliphatic heterocycles. The SMILES string of the molecule is CNc1ccccc1C(=O)NCCS(C)(=O)=O. The monoisotopic (exact) mass is 256 g/mol. The van der Waals surface area contributed by atoms with E-state index in [1.807, 2.05) is 6.07 Å². The molecule has 0 aromatic heterocycles. The lowest BCUT2D eigenvalue weighted by molar-refractivity contribution is 0.0957. The van der Waals surface area contributed by atoms with Crippen LogP contribution < -0.4 is 10.6 Å². The summed E-state index contributed by atoms with van der Waals surface area (Å²) in [4.78, 5) is 11.8. The third kappa shape index (κ3) is 4.44. The van der Waals surface area contributed by atoms with Gasteiger partial charge in [0.2, 0.25) is 0 Å². The molecule has 0 atom stereocenters. The van der Waals surface area contributed by atoms with Crippen LogP contribution >= 0.6 is 0 Å². The van der Waals surface area contributed by atoms with Crippen molar-refractivity contribution in [1.82, 2.24) is 5.32 Å². The highest BCUT2D eigenvalue weighted by molar-refractivity contribution is 7.90. The molecule has 94 valence electrons. The summed E-state index contributed by atoms with van der Waals surface area (Å²) < 4.78 is 21.8. The van der Waals surface area contributed by atoms with E-state index in [1.54, 1.807) is 25.2 Å². The Labute approximate surface area is 101 Å². The van der Waals surface area contributed by atoms with Crippen LogP contribution in [0.1, 0.15) is 10.4 Å². The van der Waals surface area contributed by atoms with E-state index in [0.29, 0.717) is 11.3 Å². The maximum absolute atomic E-state index is 11.8. The Kier molecular flexibility index (Phi) is 4.51. The van der Waals surface area contributed by atoms with E-state index in [4.69, 9.17) is 0 Å². The summed E-state index contributed by atoms with van der Waals surface area (Å²) in [5, 5.41) is 5.48. The minimum Gasteiger partial charge on any atom is -0.387 e.